The zero-order valence-electron chi connectivity index (χ0n) is 13.3. The second-order valence-corrected chi connectivity index (χ2v) is 6.54. The number of hydrogen-bond donors (Lipinski definition) is 2. The highest BCUT2D eigenvalue weighted by atomic mass is 32.2. The van der Waals surface area contributed by atoms with Crippen molar-refractivity contribution in [1.82, 2.24) is 0 Å². The van der Waals surface area contributed by atoms with Gasteiger partial charge in [0.1, 0.15) is 11.5 Å². The van der Waals surface area contributed by atoms with Crippen molar-refractivity contribution in [3.05, 3.63) is 48.0 Å². The van der Waals surface area contributed by atoms with E-state index in [9.17, 15) is 13.2 Å². The molecule has 3 N–H and O–H groups in total. The highest BCUT2D eigenvalue weighted by Crippen LogP contribution is 2.25. The summed E-state index contributed by atoms with van der Waals surface area (Å²) < 4.78 is 33.0. The van der Waals surface area contributed by atoms with Crippen molar-refractivity contribution in [2.24, 2.45) is 5.14 Å². The number of ether oxygens (including phenoxy) is 2. The van der Waals surface area contributed by atoms with Gasteiger partial charge in [0, 0.05) is 17.3 Å². The van der Waals surface area contributed by atoms with Gasteiger partial charge in [-0.15, -0.1) is 0 Å². The van der Waals surface area contributed by atoms with E-state index in [0.29, 0.717) is 22.7 Å². The van der Waals surface area contributed by atoms with E-state index in [1.54, 1.807) is 31.4 Å². The zero-order chi connectivity index (χ0) is 17.7. The van der Waals surface area contributed by atoms with Crippen LogP contribution in [0.1, 0.15) is 5.56 Å². The average molecular weight is 350 g/mol. The molecule has 0 fully saturated rings. The van der Waals surface area contributed by atoms with Crippen LogP contribution in [-0.2, 0) is 21.2 Å². The van der Waals surface area contributed by atoms with Crippen LogP contribution in [0, 0.1) is 0 Å². The molecule has 8 heteroatoms. The normalized spacial score (nSPS) is 11.0. The van der Waals surface area contributed by atoms with Gasteiger partial charge in [-0.05, 0) is 24.3 Å². The molecule has 0 spiro atoms. The predicted octanol–water partition coefficient (Wildman–Crippen LogP) is 1.53. The Bertz CT molecular complexity index is 849. The summed E-state index contributed by atoms with van der Waals surface area (Å²) >= 11 is 0. The van der Waals surface area contributed by atoms with Crippen molar-refractivity contribution in [2.75, 3.05) is 19.5 Å². The van der Waals surface area contributed by atoms with Crippen molar-refractivity contribution in [2.45, 2.75) is 11.3 Å². The fraction of sp³-hybridized carbons (Fsp3) is 0.188. The number of amides is 1. The largest absolute Gasteiger partial charge is 0.497 e. The Labute approximate surface area is 140 Å². The van der Waals surface area contributed by atoms with Gasteiger partial charge in [0.2, 0.25) is 15.9 Å². The Hall–Kier alpha value is -2.58. The number of carbonyl (C=O) groups excluding carboxylic acids is 1. The molecule has 0 atom stereocenters. The number of methoxy groups -OCH3 is 2. The number of hydrogen-bond acceptors (Lipinski definition) is 5. The lowest BCUT2D eigenvalue weighted by Crippen LogP contribution is -2.16. The van der Waals surface area contributed by atoms with E-state index in [1.165, 1.54) is 25.3 Å². The third-order valence-corrected chi connectivity index (χ3v) is 4.20. The Morgan fingerprint density at radius 2 is 1.88 bits per heavy atom. The Morgan fingerprint density at radius 3 is 2.50 bits per heavy atom. The summed E-state index contributed by atoms with van der Waals surface area (Å²) in [6.45, 7) is 0. The highest BCUT2D eigenvalue weighted by Gasteiger charge is 2.12. The van der Waals surface area contributed by atoms with E-state index in [2.05, 4.69) is 5.32 Å². The molecule has 0 saturated carbocycles. The summed E-state index contributed by atoms with van der Waals surface area (Å²) in [6.07, 6.45) is 0.0623. The minimum Gasteiger partial charge on any atom is -0.497 e. The van der Waals surface area contributed by atoms with Crippen LogP contribution in [0.2, 0.25) is 0 Å². The fourth-order valence-corrected chi connectivity index (χ4v) is 2.69. The summed E-state index contributed by atoms with van der Waals surface area (Å²) in [4.78, 5) is 12.1. The zero-order valence-corrected chi connectivity index (χ0v) is 14.1. The maximum absolute atomic E-state index is 12.2. The molecule has 24 heavy (non-hydrogen) atoms. The standard InChI is InChI=1S/C16H18N2O5S/c1-22-13-7-6-11(15(10-13)23-2)8-16(19)18-12-4-3-5-14(9-12)24(17,20)21/h3-7,9-10H,8H2,1-2H3,(H,18,19)(H2,17,20,21). The first-order valence-corrected chi connectivity index (χ1v) is 8.51. The van der Waals surface area contributed by atoms with Crippen molar-refractivity contribution >= 4 is 21.6 Å². The first kappa shape index (κ1) is 17.8. The SMILES string of the molecule is COc1ccc(CC(=O)Nc2cccc(S(N)(=O)=O)c2)c(OC)c1. The van der Waals surface area contributed by atoms with Gasteiger partial charge < -0.3 is 14.8 Å². The molecule has 0 radical (unpaired) electrons. The molecule has 0 aliphatic carbocycles. The molecule has 2 aromatic carbocycles. The second-order valence-electron chi connectivity index (χ2n) is 4.98. The van der Waals surface area contributed by atoms with Crippen molar-refractivity contribution in [3.8, 4) is 11.5 Å². The van der Waals surface area contributed by atoms with Crippen LogP contribution >= 0.6 is 0 Å². The van der Waals surface area contributed by atoms with E-state index >= 15 is 0 Å². The number of nitrogens with one attached hydrogen (secondary N) is 1. The lowest BCUT2D eigenvalue weighted by Gasteiger charge is -2.11. The van der Waals surface area contributed by atoms with E-state index in [-0.39, 0.29) is 17.2 Å². The summed E-state index contributed by atoms with van der Waals surface area (Å²) in [6, 6.07) is 10.9. The van der Waals surface area contributed by atoms with Gasteiger partial charge in [-0.1, -0.05) is 12.1 Å². The van der Waals surface area contributed by atoms with E-state index < -0.39 is 10.0 Å². The minimum absolute atomic E-state index is 0.0623. The third-order valence-electron chi connectivity index (χ3n) is 3.29. The maximum atomic E-state index is 12.2. The van der Waals surface area contributed by atoms with Crippen molar-refractivity contribution < 1.29 is 22.7 Å². The number of sulfonamides is 1. The van der Waals surface area contributed by atoms with Crippen LogP contribution in [0.15, 0.2) is 47.4 Å². The van der Waals surface area contributed by atoms with Crippen LogP contribution < -0.4 is 19.9 Å². The van der Waals surface area contributed by atoms with Gasteiger partial charge >= 0.3 is 0 Å². The van der Waals surface area contributed by atoms with E-state index in [4.69, 9.17) is 14.6 Å². The fourth-order valence-electron chi connectivity index (χ4n) is 2.13. The first-order chi connectivity index (χ1) is 11.3. The van der Waals surface area contributed by atoms with Crippen LogP contribution in [-0.4, -0.2) is 28.5 Å². The molecule has 128 valence electrons. The quantitative estimate of drug-likeness (QED) is 0.821. The molecular formula is C16H18N2O5S. The molecular weight excluding hydrogens is 332 g/mol. The second kappa shape index (κ2) is 7.33. The maximum Gasteiger partial charge on any atom is 0.238 e. The van der Waals surface area contributed by atoms with Crippen molar-refractivity contribution in [3.63, 3.8) is 0 Å². The Kier molecular flexibility index (Phi) is 5.42. The monoisotopic (exact) mass is 350 g/mol. The molecule has 7 nitrogen and oxygen atoms in total. The van der Waals surface area contributed by atoms with E-state index in [0.717, 1.165) is 0 Å². The third kappa shape index (κ3) is 4.46. The molecule has 2 rings (SSSR count). The van der Waals surface area contributed by atoms with Gasteiger partial charge in [0.15, 0.2) is 0 Å². The van der Waals surface area contributed by atoms with Gasteiger partial charge in [-0.2, -0.15) is 0 Å². The first-order valence-electron chi connectivity index (χ1n) is 6.97. The Balaban J connectivity index is 2.14. The molecule has 1 amide bonds. The van der Waals surface area contributed by atoms with Gasteiger partial charge in [0.05, 0.1) is 25.5 Å². The lowest BCUT2D eigenvalue weighted by molar-refractivity contribution is -0.115. The molecule has 0 heterocycles. The molecule has 0 saturated heterocycles. The molecule has 0 aliphatic heterocycles. The van der Waals surface area contributed by atoms with Gasteiger partial charge in [-0.3, -0.25) is 4.79 Å². The number of anilines is 1. The smallest absolute Gasteiger partial charge is 0.238 e. The molecule has 0 bridgehead atoms. The van der Waals surface area contributed by atoms with Crippen LogP contribution in [0.3, 0.4) is 0 Å². The van der Waals surface area contributed by atoms with E-state index in [1.807, 2.05) is 0 Å². The highest BCUT2D eigenvalue weighted by molar-refractivity contribution is 7.89. The van der Waals surface area contributed by atoms with Crippen LogP contribution in [0.25, 0.3) is 0 Å². The van der Waals surface area contributed by atoms with Crippen molar-refractivity contribution in [1.29, 1.82) is 0 Å². The summed E-state index contributed by atoms with van der Waals surface area (Å²) in [5, 5.41) is 7.71. The van der Waals surface area contributed by atoms with Crippen LogP contribution in [0.4, 0.5) is 5.69 Å². The lowest BCUT2D eigenvalue weighted by atomic mass is 10.1. The number of benzene rings is 2. The minimum atomic E-state index is -3.82. The number of primary sulfonamides is 1. The van der Waals surface area contributed by atoms with Gasteiger partial charge in [-0.25, -0.2) is 13.6 Å². The topological polar surface area (TPSA) is 108 Å². The Morgan fingerprint density at radius 1 is 1.12 bits per heavy atom. The summed E-state index contributed by atoms with van der Waals surface area (Å²) in [5.41, 5.74) is 1.03. The average Bonchev–Trinajstić information content (AvgIpc) is 2.54. The van der Waals surface area contributed by atoms with Crippen LogP contribution in [0.5, 0.6) is 11.5 Å². The number of nitrogens with two attached hydrogens (primary N) is 1. The molecule has 0 aliphatic rings. The predicted molar refractivity (Wildman–Crippen MR) is 89.7 cm³/mol. The summed E-state index contributed by atoms with van der Waals surface area (Å²) in [7, 11) is -0.777. The molecule has 0 aromatic heterocycles. The van der Waals surface area contributed by atoms with Gasteiger partial charge in [0.25, 0.3) is 0 Å². The molecule has 0 unspecified atom stereocenters. The molecule has 2 aromatic rings. The summed E-state index contributed by atoms with van der Waals surface area (Å²) in [5.74, 6) is 0.838. The number of rotatable bonds is 6. The number of carbonyl (C=O) groups is 1.